The Morgan fingerprint density at radius 1 is 0.536 bits per heavy atom. The van der Waals surface area contributed by atoms with Gasteiger partial charge in [-0.05, 0) is 58.7 Å². The number of benzene rings is 4. The van der Waals surface area contributed by atoms with Crippen LogP contribution >= 0.6 is 0 Å². The van der Waals surface area contributed by atoms with Gasteiger partial charge in [-0.15, -0.1) is 0 Å². The van der Waals surface area contributed by atoms with Gasteiger partial charge in [-0.1, -0.05) is 66.7 Å². The first kappa shape index (κ1) is 19.1. The van der Waals surface area contributed by atoms with E-state index in [-0.39, 0.29) is 0 Å². The maximum absolute atomic E-state index is 5.95. The number of anilines is 2. The van der Waals surface area contributed by atoms with Crippen LogP contribution in [0.5, 0.6) is 5.75 Å². The molecule has 4 aromatic carbocycles. The molecule has 0 aromatic heterocycles. The van der Waals surface area contributed by atoms with Crippen molar-refractivity contribution < 1.29 is 4.74 Å². The van der Waals surface area contributed by atoms with Crippen LogP contribution in [-0.4, -0.2) is 7.11 Å². The molecule has 0 saturated carbocycles. The van der Waals surface area contributed by atoms with Crippen molar-refractivity contribution in [2.24, 2.45) is 0 Å². The summed E-state index contributed by atoms with van der Waals surface area (Å²) in [6.45, 7) is 0. The highest BCUT2D eigenvalue weighted by Gasteiger charge is 2.07. The number of nitrogens with two attached hydrogens (primary N) is 2. The van der Waals surface area contributed by atoms with Gasteiger partial charge in [0.1, 0.15) is 5.75 Å². The summed E-state index contributed by atoms with van der Waals surface area (Å²) >= 11 is 0. The SMILES string of the molecule is COc1ccccc1.Nc1ccc(-c2ccc(N)cc2-c2ccccc2)cc1. The first-order valence-corrected chi connectivity index (χ1v) is 9.07. The highest BCUT2D eigenvalue weighted by molar-refractivity contribution is 5.85. The number of hydrogen-bond donors (Lipinski definition) is 2. The van der Waals surface area contributed by atoms with Crippen LogP contribution in [0.1, 0.15) is 0 Å². The summed E-state index contributed by atoms with van der Waals surface area (Å²) in [5, 5.41) is 0. The molecule has 3 nitrogen and oxygen atoms in total. The smallest absolute Gasteiger partial charge is 0.118 e. The molecule has 0 aliphatic carbocycles. The fraction of sp³-hybridized carbons (Fsp3) is 0.0400. The van der Waals surface area contributed by atoms with Gasteiger partial charge >= 0.3 is 0 Å². The van der Waals surface area contributed by atoms with Gasteiger partial charge < -0.3 is 16.2 Å². The van der Waals surface area contributed by atoms with Gasteiger partial charge in [0.25, 0.3) is 0 Å². The largest absolute Gasteiger partial charge is 0.497 e. The van der Waals surface area contributed by atoms with Crippen LogP contribution in [0.25, 0.3) is 22.3 Å². The Balaban J connectivity index is 0.000000236. The maximum atomic E-state index is 5.95. The van der Waals surface area contributed by atoms with Crippen LogP contribution in [-0.2, 0) is 0 Å². The molecule has 0 amide bonds. The molecular weight excluding hydrogens is 344 g/mol. The van der Waals surface area contributed by atoms with Gasteiger partial charge in [0, 0.05) is 11.4 Å². The van der Waals surface area contributed by atoms with E-state index < -0.39 is 0 Å². The molecule has 0 aliphatic rings. The first-order valence-electron chi connectivity index (χ1n) is 9.07. The van der Waals surface area contributed by atoms with Crippen LogP contribution in [0.3, 0.4) is 0 Å². The highest BCUT2D eigenvalue weighted by Crippen LogP contribution is 2.33. The molecule has 0 unspecified atom stereocenters. The Bertz CT molecular complexity index is 998. The van der Waals surface area contributed by atoms with Crippen molar-refractivity contribution in [1.82, 2.24) is 0 Å². The van der Waals surface area contributed by atoms with Crippen LogP contribution in [0.4, 0.5) is 11.4 Å². The fourth-order valence-electron chi connectivity index (χ4n) is 2.89. The van der Waals surface area contributed by atoms with Gasteiger partial charge in [-0.3, -0.25) is 0 Å². The Morgan fingerprint density at radius 2 is 1.07 bits per heavy atom. The zero-order valence-corrected chi connectivity index (χ0v) is 15.9. The molecule has 140 valence electrons. The zero-order valence-electron chi connectivity index (χ0n) is 15.9. The Kier molecular flexibility index (Phi) is 6.32. The molecule has 0 fully saturated rings. The van der Waals surface area contributed by atoms with Crippen LogP contribution in [0, 0.1) is 0 Å². The van der Waals surface area contributed by atoms with Crippen LogP contribution in [0.15, 0.2) is 103 Å². The summed E-state index contributed by atoms with van der Waals surface area (Å²) in [4.78, 5) is 0. The minimum atomic E-state index is 0.767. The zero-order chi connectivity index (χ0) is 19.8. The number of para-hydroxylation sites is 1. The van der Waals surface area contributed by atoms with Crippen molar-refractivity contribution in [2.45, 2.75) is 0 Å². The average molecular weight is 368 g/mol. The predicted octanol–water partition coefficient (Wildman–Crippen LogP) is 5.88. The lowest BCUT2D eigenvalue weighted by Gasteiger charge is -2.11. The van der Waals surface area contributed by atoms with E-state index >= 15 is 0 Å². The molecule has 0 heterocycles. The monoisotopic (exact) mass is 368 g/mol. The third-order valence-electron chi connectivity index (χ3n) is 4.33. The van der Waals surface area contributed by atoms with Crippen molar-refractivity contribution >= 4 is 11.4 Å². The Hall–Kier alpha value is -3.72. The lowest BCUT2D eigenvalue weighted by atomic mass is 9.94. The van der Waals surface area contributed by atoms with Crippen LogP contribution < -0.4 is 16.2 Å². The third kappa shape index (κ3) is 4.92. The second-order valence-electron chi connectivity index (χ2n) is 6.31. The maximum Gasteiger partial charge on any atom is 0.118 e. The molecule has 0 bridgehead atoms. The third-order valence-corrected chi connectivity index (χ3v) is 4.33. The Morgan fingerprint density at radius 3 is 1.64 bits per heavy atom. The highest BCUT2D eigenvalue weighted by atomic mass is 16.5. The second kappa shape index (κ2) is 9.28. The van der Waals surface area contributed by atoms with Gasteiger partial charge in [-0.25, -0.2) is 0 Å². The molecule has 0 saturated heterocycles. The number of nitrogen functional groups attached to an aromatic ring is 2. The van der Waals surface area contributed by atoms with Gasteiger partial charge in [0.05, 0.1) is 7.11 Å². The molecule has 0 atom stereocenters. The standard InChI is InChI=1S/C18H16N2.C7H8O/c19-15-8-6-14(7-9-15)17-11-10-16(20)12-18(17)13-4-2-1-3-5-13;1-8-7-5-3-2-4-6-7/h1-12H,19-20H2;2-6H,1H3. The van der Waals surface area contributed by atoms with Crippen molar-refractivity contribution in [1.29, 1.82) is 0 Å². The minimum Gasteiger partial charge on any atom is -0.497 e. The molecule has 0 spiro atoms. The normalized spacial score (nSPS) is 9.89. The first-order chi connectivity index (χ1) is 13.7. The molecule has 0 radical (unpaired) electrons. The summed E-state index contributed by atoms with van der Waals surface area (Å²) in [7, 11) is 1.66. The average Bonchev–Trinajstić information content (AvgIpc) is 2.76. The molecule has 28 heavy (non-hydrogen) atoms. The van der Waals surface area contributed by atoms with E-state index in [0.717, 1.165) is 39.4 Å². The molecule has 0 aliphatic heterocycles. The van der Waals surface area contributed by atoms with Gasteiger partial charge in [0.2, 0.25) is 0 Å². The quantitative estimate of drug-likeness (QED) is 0.444. The van der Waals surface area contributed by atoms with Crippen molar-refractivity contribution in [3.8, 4) is 28.0 Å². The topological polar surface area (TPSA) is 61.3 Å². The van der Waals surface area contributed by atoms with Crippen molar-refractivity contribution in [2.75, 3.05) is 18.6 Å². The van der Waals surface area contributed by atoms with Crippen LogP contribution in [0.2, 0.25) is 0 Å². The number of ether oxygens (including phenoxy) is 1. The van der Waals surface area contributed by atoms with E-state index in [0.29, 0.717) is 0 Å². The number of rotatable bonds is 3. The van der Waals surface area contributed by atoms with E-state index in [2.05, 4.69) is 18.2 Å². The van der Waals surface area contributed by atoms with Crippen molar-refractivity contribution in [3.05, 3.63) is 103 Å². The second-order valence-corrected chi connectivity index (χ2v) is 6.31. The van der Waals surface area contributed by atoms with E-state index in [9.17, 15) is 0 Å². The lowest BCUT2D eigenvalue weighted by Crippen LogP contribution is -1.90. The summed E-state index contributed by atoms with van der Waals surface area (Å²) in [6.07, 6.45) is 0. The van der Waals surface area contributed by atoms with Gasteiger partial charge in [-0.2, -0.15) is 0 Å². The summed E-state index contributed by atoms with van der Waals surface area (Å²) in [6, 6.07) is 33.9. The van der Waals surface area contributed by atoms with E-state index in [1.165, 1.54) is 0 Å². The minimum absolute atomic E-state index is 0.767. The lowest BCUT2D eigenvalue weighted by molar-refractivity contribution is 0.415. The van der Waals surface area contributed by atoms with Crippen molar-refractivity contribution in [3.63, 3.8) is 0 Å². The summed E-state index contributed by atoms with van der Waals surface area (Å²) in [5.74, 6) is 0.910. The molecule has 4 aromatic rings. The Labute approximate surface area is 166 Å². The van der Waals surface area contributed by atoms with E-state index in [4.69, 9.17) is 16.2 Å². The summed E-state index contributed by atoms with van der Waals surface area (Å²) < 4.78 is 4.91. The van der Waals surface area contributed by atoms with E-state index in [1.807, 2.05) is 84.9 Å². The summed E-state index contributed by atoms with van der Waals surface area (Å²) in [5.41, 5.74) is 17.8. The van der Waals surface area contributed by atoms with E-state index in [1.54, 1.807) is 7.11 Å². The number of hydrogen-bond acceptors (Lipinski definition) is 3. The van der Waals surface area contributed by atoms with Gasteiger partial charge in [0.15, 0.2) is 0 Å². The number of methoxy groups -OCH3 is 1. The molecule has 4 N–H and O–H groups in total. The fourth-order valence-corrected chi connectivity index (χ4v) is 2.89. The molecule has 3 heteroatoms. The molecule has 4 rings (SSSR count). The molecular formula is C25H24N2O. The predicted molar refractivity (Wildman–Crippen MR) is 119 cm³/mol.